The molecular weight excluding hydrogens is 188 g/mol. The lowest BCUT2D eigenvalue weighted by molar-refractivity contribution is 0.198. The van der Waals surface area contributed by atoms with Crippen molar-refractivity contribution in [1.82, 2.24) is 0 Å². The van der Waals surface area contributed by atoms with Crippen LogP contribution in [0.2, 0.25) is 0 Å². The first-order valence-corrected chi connectivity index (χ1v) is 5.07. The zero-order valence-corrected chi connectivity index (χ0v) is 8.43. The Morgan fingerprint density at radius 1 is 1.20 bits per heavy atom. The van der Waals surface area contributed by atoms with Crippen LogP contribution < -0.4 is 0 Å². The van der Waals surface area contributed by atoms with Gasteiger partial charge in [0.25, 0.3) is 0 Å². The molecule has 2 heteroatoms. The second-order valence-corrected chi connectivity index (χ2v) is 3.76. The second-order valence-electron chi connectivity index (χ2n) is 3.76. The Morgan fingerprint density at radius 3 is 2.60 bits per heavy atom. The summed E-state index contributed by atoms with van der Waals surface area (Å²) in [5, 5.41) is 19.0. The molecule has 0 spiro atoms. The fourth-order valence-corrected chi connectivity index (χ4v) is 1.70. The zero-order valence-electron chi connectivity index (χ0n) is 8.43. The summed E-state index contributed by atoms with van der Waals surface area (Å²) in [6.45, 7) is 0. The largest absolute Gasteiger partial charge is 0.512 e. The van der Waals surface area contributed by atoms with Crippen molar-refractivity contribution in [2.24, 2.45) is 0 Å². The fraction of sp³-hybridized carbons (Fsp3) is 0.231. The molecule has 1 aromatic carbocycles. The molecule has 0 radical (unpaired) electrons. The first kappa shape index (κ1) is 9.99. The van der Waals surface area contributed by atoms with Gasteiger partial charge in [0.15, 0.2) is 0 Å². The Morgan fingerprint density at radius 2 is 1.93 bits per heavy atom. The average Bonchev–Trinajstić information content (AvgIpc) is 2.24. The van der Waals surface area contributed by atoms with Crippen molar-refractivity contribution in [3.63, 3.8) is 0 Å². The van der Waals surface area contributed by atoms with Crippen molar-refractivity contribution in [1.29, 1.82) is 0 Å². The molecule has 1 aromatic rings. The van der Waals surface area contributed by atoms with Gasteiger partial charge in [0.05, 0.1) is 11.9 Å². The molecular formula is C13H14O2. The van der Waals surface area contributed by atoms with E-state index in [1.807, 2.05) is 30.3 Å². The predicted molar refractivity (Wildman–Crippen MR) is 59.6 cm³/mol. The summed E-state index contributed by atoms with van der Waals surface area (Å²) < 4.78 is 0. The minimum Gasteiger partial charge on any atom is -0.512 e. The first-order chi connectivity index (χ1) is 7.25. The van der Waals surface area contributed by atoms with E-state index in [1.54, 1.807) is 12.2 Å². The van der Waals surface area contributed by atoms with Crippen LogP contribution in [0.15, 0.2) is 53.8 Å². The minimum atomic E-state index is -0.537. The first-order valence-electron chi connectivity index (χ1n) is 5.07. The number of hydrogen-bond donors (Lipinski definition) is 2. The van der Waals surface area contributed by atoms with E-state index in [9.17, 15) is 10.2 Å². The molecule has 2 nitrogen and oxygen atoms in total. The van der Waals surface area contributed by atoms with Crippen LogP contribution in [0, 0.1) is 0 Å². The molecule has 0 saturated carbocycles. The summed E-state index contributed by atoms with van der Waals surface area (Å²) in [4.78, 5) is 0. The highest BCUT2D eigenvalue weighted by molar-refractivity contribution is 5.33. The number of benzene rings is 1. The monoisotopic (exact) mass is 202 g/mol. The smallest absolute Gasteiger partial charge is 0.0986 e. The van der Waals surface area contributed by atoms with Gasteiger partial charge in [-0.15, -0.1) is 0 Å². The molecule has 0 fully saturated rings. The van der Waals surface area contributed by atoms with Crippen molar-refractivity contribution >= 4 is 0 Å². The molecule has 1 unspecified atom stereocenters. The van der Waals surface area contributed by atoms with E-state index in [0.717, 1.165) is 12.0 Å². The number of aliphatic hydroxyl groups excluding tert-OH is 2. The maximum absolute atomic E-state index is 9.67. The van der Waals surface area contributed by atoms with Crippen molar-refractivity contribution in [3.05, 3.63) is 59.4 Å². The Hall–Kier alpha value is -1.54. The Bertz CT molecular complexity index is 390. The molecule has 15 heavy (non-hydrogen) atoms. The lowest BCUT2D eigenvalue weighted by Crippen LogP contribution is -2.10. The van der Waals surface area contributed by atoms with Crippen LogP contribution in [0.25, 0.3) is 0 Å². The number of rotatable bonds is 2. The number of hydrogen-bond acceptors (Lipinski definition) is 2. The second kappa shape index (κ2) is 4.32. The van der Waals surface area contributed by atoms with Crippen LogP contribution in [0.3, 0.4) is 0 Å². The quantitative estimate of drug-likeness (QED) is 0.773. The Kier molecular flexibility index (Phi) is 2.88. The molecule has 78 valence electrons. The van der Waals surface area contributed by atoms with Gasteiger partial charge in [-0.05, 0) is 11.1 Å². The number of aliphatic hydroxyl groups is 2. The van der Waals surface area contributed by atoms with E-state index >= 15 is 0 Å². The predicted octanol–water partition coefficient (Wildman–Crippen LogP) is 2.36. The van der Waals surface area contributed by atoms with Crippen LogP contribution in [0.5, 0.6) is 0 Å². The summed E-state index contributed by atoms with van der Waals surface area (Å²) in [6, 6.07) is 9.99. The molecule has 1 aliphatic carbocycles. The molecule has 0 bridgehead atoms. The molecule has 2 N–H and O–H groups in total. The number of allylic oxidation sites excluding steroid dienone is 2. The van der Waals surface area contributed by atoms with Crippen molar-refractivity contribution < 1.29 is 10.2 Å². The molecule has 1 aliphatic rings. The highest BCUT2D eigenvalue weighted by atomic mass is 16.3. The van der Waals surface area contributed by atoms with Gasteiger partial charge in [-0.3, -0.25) is 0 Å². The van der Waals surface area contributed by atoms with Crippen LogP contribution in [0.1, 0.15) is 12.0 Å². The summed E-state index contributed by atoms with van der Waals surface area (Å²) >= 11 is 0. The van der Waals surface area contributed by atoms with E-state index in [1.165, 1.54) is 5.56 Å². The van der Waals surface area contributed by atoms with Crippen molar-refractivity contribution in [2.75, 3.05) is 0 Å². The molecule has 1 atom stereocenters. The molecule has 0 amide bonds. The van der Waals surface area contributed by atoms with Gasteiger partial charge in [0.1, 0.15) is 0 Å². The van der Waals surface area contributed by atoms with E-state index in [2.05, 4.69) is 0 Å². The van der Waals surface area contributed by atoms with E-state index < -0.39 is 6.10 Å². The Balaban J connectivity index is 2.14. The highest BCUT2D eigenvalue weighted by Crippen LogP contribution is 2.20. The molecule has 0 aliphatic heterocycles. The zero-order chi connectivity index (χ0) is 10.7. The summed E-state index contributed by atoms with van der Waals surface area (Å²) in [5.74, 6) is 0.300. The Labute approximate surface area is 89.2 Å². The van der Waals surface area contributed by atoms with Crippen molar-refractivity contribution in [2.45, 2.75) is 18.9 Å². The molecule has 0 heterocycles. The highest BCUT2D eigenvalue weighted by Gasteiger charge is 2.13. The van der Waals surface area contributed by atoms with Crippen LogP contribution in [-0.2, 0) is 6.42 Å². The van der Waals surface area contributed by atoms with Crippen LogP contribution in [0.4, 0.5) is 0 Å². The average molecular weight is 202 g/mol. The lowest BCUT2D eigenvalue weighted by atomic mass is 9.97. The van der Waals surface area contributed by atoms with E-state index in [-0.39, 0.29) is 0 Å². The standard InChI is InChI=1S/C13H14O2/c14-12-7-6-11(13(15)9-12)8-10-4-2-1-3-5-10/h1-7,12,14-15H,8-9H2. The maximum Gasteiger partial charge on any atom is 0.0986 e. The summed E-state index contributed by atoms with van der Waals surface area (Å²) in [7, 11) is 0. The van der Waals surface area contributed by atoms with E-state index in [0.29, 0.717) is 12.2 Å². The summed E-state index contributed by atoms with van der Waals surface area (Å²) in [6.07, 6.45) is 4.03. The third-order valence-electron chi connectivity index (χ3n) is 2.53. The van der Waals surface area contributed by atoms with Crippen LogP contribution in [-0.4, -0.2) is 16.3 Å². The fourth-order valence-electron chi connectivity index (χ4n) is 1.70. The normalized spacial score (nSPS) is 20.7. The maximum atomic E-state index is 9.67. The minimum absolute atomic E-state index is 0.300. The van der Waals surface area contributed by atoms with Crippen molar-refractivity contribution in [3.8, 4) is 0 Å². The SMILES string of the molecule is OC1=C(Cc2ccccc2)C=CC(O)C1. The van der Waals surface area contributed by atoms with Gasteiger partial charge in [-0.1, -0.05) is 42.5 Å². The van der Waals surface area contributed by atoms with Crippen LogP contribution >= 0.6 is 0 Å². The van der Waals surface area contributed by atoms with Gasteiger partial charge in [-0.25, -0.2) is 0 Å². The van der Waals surface area contributed by atoms with Gasteiger partial charge in [-0.2, -0.15) is 0 Å². The van der Waals surface area contributed by atoms with Gasteiger partial charge in [0.2, 0.25) is 0 Å². The van der Waals surface area contributed by atoms with Gasteiger partial charge < -0.3 is 10.2 Å². The summed E-state index contributed by atoms with van der Waals surface area (Å²) in [5.41, 5.74) is 2.06. The third-order valence-corrected chi connectivity index (χ3v) is 2.53. The molecule has 0 aromatic heterocycles. The van der Waals surface area contributed by atoms with Gasteiger partial charge >= 0.3 is 0 Å². The lowest BCUT2D eigenvalue weighted by Gasteiger charge is -2.14. The molecule has 2 rings (SSSR count). The topological polar surface area (TPSA) is 40.5 Å². The molecule has 0 saturated heterocycles. The van der Waals surface area contributed by atoms with Gasteiger partial charge in [0, 0.05) is 12.8 Å². The van der Waals surface area contributed by atoms with E-state index in [4.69, 9.17) is 0 Å². The third kappa shape index (κ3) is 2.48.